The molecular formula is C33H45F2N7O4Si. The van der Waals surface area contributed by atoms with Crippen molar-refractivity contribution in [3.63, 3.8) is 0 Å². The molecule has 4 aromatic rings. The lowest BCUT2D eigenvalue weighted by Crippen LogP contribution is -2.47. The Morgan fingerprint density at radius 2 is 1.89 bits per heavy atom. The monoisotopic (exact) mass is 669 g/mol. The number of hydrogen-bond donors (Lipinski definition) is 0. The molecule has 1 amide bonds. The fourth-order valence-corrected chi connectivity index (χ4v) is 6.22. The summed E-state index contributed by atoms with van der Waals surface area (Å²) in [7, 11) is -2.16. The topological polar surface area (TPSA) is 109 Å². The van der Waals surface area contributed by atoms with Crippen LogP contribution in [-0.2, 0) is 9.16 Å². The van der Waals surface area contributed by atoms with Crippen molar-refractivity contribution in [2.75, 3.05) is 19.7 Å². The molecule has 11 nitrogen and oxygen atoms in total. The number of ether oxygens (including phenoxy) is 2. The van der Waals surface area contributed by atoms with Gasteiger partial charge in [0.25, 0.3) is 0 Å². The number of piperidine rings is 1. The maximum Gasteiger partial charge on any atom is 0.410 e. The van der Waals surface area contributed by atoms with E-state index >= 15 is 4.39 Å². The predicted octanol–water partition coefficient (Wildman–Crippen LogP) is 7.10. The van der Waals surface area contributed by atoms with Crippen molar-refractivity contribution in [2.45, 2.75) is 96.9 Å². The Morgan fingerprint density at radius 1 is 1.15 bits per heavy atom. The fourth-order valence-electron chi connectivity index (χ4n) is 5.21. The van der Waals surface area contributed by atoms with Gasteiger partial charge in [0, 0.05) is 18.3 Å². The molecule has 4 aromatic heterocycles. The summed E-state index contributed by atoms with van der Waals surface area (Å²) in [6, 6.07) is 6.04. The molecule has 3 atom stereocenters. The van der Waals surface area contributed by atoms with Gasteiger partial charge in [0.2, 0.25) is 0 Å². The first-order chi connectivity index (χ1) is 21.9. The number of carbonyl (C=O) groups is 1. The van der Waals surface area contributed by atoms with Gasteiger partial charge in [-0.05, 0) is 76.5 Å². The number of nitrogens with zero attached hydrogens (tertiary/aromatic N) is 7. The van der Waals surface area contributed by atoms with Crippen LogP contribution in [0.15, 0.2) is 42.9 Å². The van der Waals surface area contributed by atoms with E-state index < -0.39 is 44.1 Å². The van der Waals surface area contributed by atoms with E-state index in [2.05, 4.69) is 54.3 Å². The minimum Gasteiger partial charge on any atom is -0.479 e. The SMILES string of the molecule is Cc1c(-c2cc(OC(CO[Si](C)(C)C(C)(C)C)c3ccc(F)cn3)c3ccnn3c2)nnn1[C@H]1CCN(C(=O)OC(C)(C)C)C[C@@H]1F. The van der Waals surface area contributed by atoms with Crippen LogP contribution >= 0.6 is 0 Å². The molecule has 0 saturated carbocycles. The Hall–Kier alpha value is -3.91. The molecule has 0 spiro atoms. The second-order valence-corrected chi connectivity index (χ2v) is 19.4. The van der Waals surface area contributed by atoms with E-state index in [4.69, 9.17) is 13.9 Å². The van der Waals surface area contributed by atoms with Crippen LogP contribution in [0.5, 0.6) is 5.75 Å². The summed E-state index contributed by atoms with van der Waals surface area (Å²) in [6.07, 6.45) is 2.48. The summed E-state index contributed by atoms with van der Waals surface area (Å²) in [5.74, 6) is 0.0560. The molecular weight excluding hydrogens is 624 g/mol. The Labute approximate surface area is 275 Å². The summed E-state index contributed by atoms with van der Waals surface area (Å²) >= 11 is 0. The second kappa shape index (κ2) is 12.9. The normalized spacial score (nSPS) is 18.4. The largest absolute Gasteiger partial charge is 0.479 e. The van der Waals surface area contributed by atoms with Crippen LogP contribution in [0, 0.1) is 12.7 Å². The maximum atomic E-state index is 15.5. The summed E-state index contributed by atoms with van der Waals surface area (Å²) in [5.41, 5.74) is 2.45. The van der Waals surface area contributed by atoms with E-state index in [0.717, 1.165) is 0 Å². The molecule has 0 bridgehead atoms. The highest BCUT2D eigenvalue weighted by molar-refractivity contribution is 6.74. The quantitative estimate of drug-likeness (QED) is 0.183. The van der Waals surface area contributed by atoms with Crippen molar-refractivity contribution in [1.29, 1.82) is 0 Å². The highest BCUT2D eigenvalue weighted by Crippen LogP contribution is 2.38. The van der Waals surface area contributed by atoms with E-state index in [0.29, 0.717) is 46.9 Å². The van der Waals surface area contributed by atoms with Crippen molar-refractivity contribution < 1.29 is 27.5 Å². The third kappa shape index (κ3) is 7.64. The van der Waals surface area contributed by atoms with Gasteiger partial charge in [0.1, 0.15) is 34.6 Å². The van der Waals surface area contributed by atoms with Gasteiger partial charge in [-0.2, -0.15) is 5.10 Å². The highest BCUT2D eigenvalue weighted by atomic mass is 28.4. The fraction of sp³-hybridized carbons (Fsp3) is 0.545. The second-order valence-electron chi connectivity index (χ2n) is 14.6. The first-order valence-corrected chi connectivity index (χ1v) is 18.8. The zero-order valence-electron chi connectivity index (χ0n) is 28.6. The molecule has 0 N–H and O–H groups in total. The number of rotatable bonds is 8. The predicted molar refractivity (Wildman–Crippen MR) is 176 cm³/mol. The highest BCUT2D eigenvalue weighted by Gasteiger charge is 2.39. The zero-order valence-corrected chi connectivity index (χ0v) is 29.6. The van der Waals surface area contributed by atoms with E-state index in [1.54, 1.807) is 42.2 Å². The summed E-state index contributed by atoms with van der Waals surface area (Å²) in [4.78, 5) is 18.3. The van der Waals surface area contributed by atoms with Crippen molar-refractivity contribution in [2.24, 2.45) is 0 Å². The molecule has 0 aromatic carbocycles. The van der Waals surface area contributed by atoms with Crippen molar-refractivity contribution >= 4 is 19.9 Å². The molecule has 14 heteroatoms. The van der Waals surface area contributed by atoms with E-state index in [-0.39, 0.29) is 18.2 Å². The molecule has 1 saturated heterocycles. The number of alkyl halides is 1. The molecule has 1 aliphatic heterocycles. The van der Waals surface area contributed by atoms with Crippen molar-refractivity contribution in [3.05, 3.63) is 60.1 Å². The van der Waals surface area contributed by atoms with Gasteiger partial charge in [0.15, 0.2) is 14.4 Å². The number of fused-ring (bicyclic) bond motifs is 1. The van der Waals surface area contributed by atoms with E-state index in [1.807, 2.05) is 25.3 Å². The van der Waals surface area contributed by atoms with E-state index in [1.165, 1.54) is 17.2 Å². The molecule has 0 radical (unpaired) electrons. The zero-order chi connectivity index (χ0) is 34.3. The van der Waals surface area contributed by atoms with Crippen LogP contribution in [0.2, 0.25) is 18.1 Å². The summed E-state index contributed by atoms with van der Waals surface area (Å²) < 4.78 is 51.2. The third-order valence-electron chi connectivity index (χ3n) is 8.90. The number of likely N-dealkylation sites (tertiary alicyclic amines) is 1. The van der Waals surface area contributed by atoms with Gasteiger partial charge < -0.3 is 18.8 Å². The summed E-state index contributed by atoms with van der Waals surface area (Å²) in [5, 5.41) is 13.2. The number of aromatic nitrogens is 6. The van der Waals surface area contributed by atoms with E-state index in [9.17, 15) is 9.18 Å². The van der Waals surface area contributed by atoms with Crippen LogP contribution in [0.4, 0.5) is 13.6 Å². The van der Waals surface area contributed by atoms with Gasteiger partial charge >= 0.3 is 6.09 Å². The smallest absolute Gasteiger partial charge is 0.410 e. The average Bonchev–Trinajstić information content (AvgIpc) is 3.61. The van der Waals surface area contributed by atoms with Crippen LogP contribution in [0.3, 0.4) is 0 Å². The minimum absolute atomic E-state index is 0.0271. The molecule has 5 rings (SSSR count). The molecule has 1 unspecified atom stereocenters. The number of carbonyl (C=O) groups excluding carboxylic acids is 1. The summed E-state index contributed by atoms with van der Waals surface area (Å²) in [6.45, 7) is 18.5. The van der Waals surface area contributed by atoms with Crippen LogP contribution in [0.25, 0.3) is 16.8 Å². The lowest BCUT2D eigenvalue weighted by Gasteiger charge is -2.37. The average molecular weight is 670 g/mol. The van der Waals surface area contributed by atoms with Gasteiger partial charge in [0.05, 0.1) is 43.0 Å². The lowest BCUT2D eigenvalue weighted by molar-refractivity contribution is 0.00546. The molecule has 1 aliphatic rings. The Balaban J connectivity index is 1.42. The van der Waals surface area contributed by atoms with Crippen LogP contribution in [-0.4, -0.2) is 80.4 Å². The standard InChI is InChI=1S/C33H45F2N7O4Si/c1-21-30(38-39-42(21)26-13-15-40(19-24(26)35)31(43)46-32(2,3)4)22-16-28(27-12-14-37-41(27)18-22)45-29(25-11-10-23(34)17-36-25)20-44-47(8,9)33(5,6)7/h10-12,14,16-18,24,26,29H,13,15,19-20H2,1-9H3/t24-,26-,29?/m0/s1. The van der Waals surface area contributed by atoms with Gasteiger partial charge in [-0.25, -0.2) is 22.8 Å². The van der Waals surface area contributed by atoms with Gasteiger partial charge in [-0.15, -0.1) is 5.10 Å². The van der Waals surface area contributed by atoms with Crippen LogP contribution < -0.4 is 4.74 Å². The Morgan fingerprint density at radius 3 is 2.53 bits per heavy atom. The molecule has 47 heavy (non-hydrogen) atoms. The number of halogens is 2. The first kappa shape index (κ1) is 34.4. The van der Waals surface area contributed by atoms with Crippen molar-refractivity contribution in [3.8, 4) is 17.0 Å². The maximum absolute atomic E-state index is 15.5. The molecule has 1 fully saturated rings. The number of amides is 1. The molecule has 0 aliphatic carbocycles. The lowest BCUT2D eigenvalue weighted by atomic mass is 10.0. The van der Waals surface area contributed by atoms with Gasteiger partial charge in [-0.1, -0.05) is 26.0 Å². The van der Waals surface area contributed by atoms with Crippen molar-refractivity contribution in [1.82, 2.24) is 34.5 Å². The first-order valence-electron chi connectivity index (χ1n) is 15.9. The number of hydrogen-bond acceptors (Lipinski definition) is 8. The molecule has 5 heterocycles. The minimum atomic E-state index is -2.16. The van der Waals surface area contributed by atoms with Gasteiger partial charge in [-0.3, -0.25) is 4.98 Å². The Kier molecular flexibility index (Phi) is 9.48. The third-order valence-corrected chi connectivity index (χ3v) is 13.4. The molecule has 254 valence electrons. The Bertz CT molecular complexity index is 1710. The number of pyridine rings is 2. The van der Waals surface area contributed by atoms with Crippen LogP contribution in [0.1, 0.15) is 71.5 Å².